The van der Waals surface area contributed by atoms with Crippen molar-refractivity contribution in [3.8, 4) is 23.7 Å². The van der Waals surface area contributed by atoms with E-state index in [1.807, 2.05) is 0 Å². The second kappa shape index (κ2) is 10.1. The van der Waals surface area contributed by atoms with Crippen LogP contribution in [0.5, 0.6) is 0 Å². The van der Waals surface area contributed by atoms with Crippen molar-refractivity contribution in [2.75, 3.05) is 0 Å². The van der Waals surface area contributed by atoms with Gasteiger partial charge in [0.2, 0.25) is 0 Å². The number of benzene rings is 2. The fraction of sp³-hybridized carbons (Fsp3) is 0.250. The summed E-state index contributed by atoms with van der Waals surface area (Å²) in [7, 11) is 0. The minimum absolute atomic E-state index is 1.03. The van der Waals surface area contributed by atoms with Crippen molar-refractivity contribution in [2.24, 2.45) is 0 Å². The van der Waals surface area contributed by atoms with Crippen LogP contribution in [0.4, 0.5) is 0 Å². The van der Waals surface area contributed by atoms with Crippen LogP contribution in [0.15, 0.2) is 60.7 Å². The van der Waals surface area contributed by atoms with Gasteiger partial charge in [0.15, 0.2) is 0 Å². The Morgan fingerprint density at radius 2 is 1.21 bits per heavy atom. The van der Waals surface area contributed by atoms with Gasteiger partial charge in [-0.05, 0) is 66.8 Å². The van der Waals surface area contributed by atoms with Gasteiger partial charge in [0, 0.05) is 11.1 Å². The van der Waals surface area contributed by atoms with Crippen LogP contribution < -0.4 is 0 Å². The molecule has 0 saturated carbocycles. The minimum Gasteiger partial charge on any atom is -0.0689 e. The predicted molar refractivity (Wildman–Crippen MR) is 104 cm³/mol. The molecule has 0 saturated heterocycles. The van der Waals surface area contributed by atoms with Crippen molar-refractivity contribution < 1.29 is 0 Å². The van der Waals surface area contributed by atoms with Gasteiger partial charge < -0.3 is 0 Å². The summed E-state index contributed by atoms with van der Waals surface area (Å²) >= 11 is 0. The van der Waals surface area contributed by atoms with Gasteiger partial charge in [0.1, 0.15) is 0 Å². The number of rotatable bonds is 4. The lowest BCUT2D eigenvalue weighted by Crippen LogP contribution is -1.84. The average molecular weight is 312 g/mol. The molecule has 0 aliphatic rings. The lowest BCUT2D eigenvalue weighted by atomic mass is 10.1. The second-order valence-electron chi connectivity index (χ2n) is 5.72. The number of hydrogen-bond acceptors (Lipinski definition) is 0. The molecule has 0 radical (unpaired) electrons. The van der Waals surface area contributed by atoms with Crippen LogP contribution >= 0.6 is 0 Å². The number of unbranched alkanes of at least 4 members (excludes halogenated alkanes) is 1. The monoisotopic (exact) mass is 312 g/mol. The number of aryl methyl sites for hydroxylation is 2. The standard InChI is InChI=1S/C24H24/c1-3-5-10-22-17-19-24(20-18-22)12-9-7-6-8-11-23-15-13-21(4-2)14-16-23/h6-7,13-20H,3-5,10H2,1-2H3/b7-6+. The molecule has 0 atom stereocenters. The fourth-order valence-corrected chi connectivity index (χ4v) is 2.29. The van der Waals surface area contributed by atoms with Gasteiger partial charge in [-0.2, -0.15) is 0 Å². The molecule has 0 unspecified atom stereocenters. The van der Waals surface area contributed by atoms with E-state index in [9.17, 15) is 0 Å². The van der Waals surface area contributed by atoms with Crippen molar-refractivity contribution in [3.63, 3.8) is 0 Å². The highest BCUT2D eigenvalue weighted by Gasteiger charge is 1.92. The van der Waals surface area contributed by atoms with Gasteiger partial charge in [0.05, 0.1) is 0 Å². The Hall–Kier alpha value is -2.70. The Bertz CT molecular complexity index is 766. The van der Waals surface area contributed by atoms with E-state index in [2.05, 4.69) is 86.1 Å². The van der Waals surface area contributed by atoms with E-state index in [-0.39, 0.29) is 0 Å². The molecular formula is C24H24. The van der Waals surface area contributed by atoms with Gasteiger partial charge in [-0.25, -0.2) is 0 Å². The maximum atomic E-state index is 3.14. The summed E-state index contributed by atoms with van der Waals surface area (Å²) in [5.74, 6) is 12.3. The Morgan fingerprint density at radius 1 is 0.708 bits per heavy atom. The lowest BCUT2D eigenvalue weighted by molar-refractivity contribution is 0.795. The molecule has 120 valence electrons. The summed E-state index contributed by atoms with van der Waals surface area (Å²) in [5, 5.41) is 0. The van der Waals surface area contributed by atoms with Crippen molar-refractivity contribution in [1.82, 2.24) is 0 Å². The zero-order valence-corrected chi connectivity index (χ0v) is 14.6. The Labute approximate surface area is 146 Å². The molecule has 0 N–H and O–H groups in total. The maximum absolute atomic E-state index is 3.14. The van der Waals surface area contributed by atoms with Crippen LogP contribution in [0.25, 0.3) is 0 Å². The molecular weight excluding hydrogens is 288 g/mol. The van der Waals surface area contributed by atoms with Crippen LogP contribution in [-0.2, 0) is 12.8 Å². The van der Waals surface area contributed by atoms with Gasteiger partial charge in [-0.1, -0.05) is 68.2 Å². The first kappa shape index (κ1) is 17.7. The Morgan fingerprint density at radius 3 is 1.67 bits per heavy atom. The van der Waals surface area contributed by atoms with Crippen molar-refractivity contribution in [3.05, 3.63) is 82.9 Å². The van der Waals surface area contributed by atoms with Crippen LogP contribution in [-0.4, -0.2) is 0 Å². The average Bonchev–Trinajstić information content (AvgIpc) is 2.64. The number of allylic oxidation sites excluding steroid dienone is 2. The lowest BCUT2D eigenvalue weighted by Gasteiger charge is -1.98. The normalized spacial score (nSPS) is 9.92. The predicted octanol–water partition coefficient (Wildman–Crippen LogP) is 5.55. The summed E-state index contributed by atoms with van der Waals surface area (Å²) in [6.07, 6.45) is 8.29. The minimum atomic E-state index is 1.03. The molecule has 0 aromatic heterocycles. The molecule has 2 aromatic rings. The van der Waals surface area contributed by atoms with Crippen LogP contribution in [0.3, 0.4) is 0 Å². The summed E-state index contributed by atoms with van der Waals surface area (Å²) in [6.45, 7) is 4.37. The second-order valence-corrected chi connectivity index (χ2v) is 5.72. The molecule has 2 aromatic carbocycles. The molecule has 2 rings (SSSR count). The van der Waals surface area contributed by atoms with E-state index in [4.69, 9.17) is 0 Å². The first-order valence-electron chi connectivity index (χ1n) is 8.67. The van der Waals surface area contributed by atoms with E-state index in [0.717, 1.165) is 24.0 Å². The summed E-state index contributed by atoms with van der Waals surface area (Å²) in [6, 6.07) is 16.9. The topological polar surface area (TPSA) is 0 Å². The highest BCUT2D eigenvalue weighted by atomic mass is 14.0. The van der Waals surface area contributed by atoms with Gasteiger partial charge in [-0.15, -0.1) is 0 Å². The molecule has 24 heavy (non-hydrogen) atoms. The zero-order valence-electron chi connectivity index (χ0n) is 14.6. The highest BCUT2D eigenvalue weighted by molar-refractivity contribution is 5.41. The summed E-state index contributed by atoms with van der Waals surface area (Å²) in [4.78, 5) is 0. The van der Waals surface area contributed by atoms with Gasteiger partial charge in [0.25, 0.3) is 0 Å². The van der Waals surface area contributed by atoms with Crippen LogP contribution in [0, 0.1) is 23.7 Å². The SMILES string of the molecule is CCCCc1ccc(C#C/C=C/C#Cc2ccc(CC)cc2)cc1. The summed E-state index contributed by atoms with van der Waals surface area (Å²) < 4.78 is 0. The third kappa shape index (κ3) is 6.20. The molecule has 0 nitrogen and oxygen atoms in total. The van der Waals surface area contributed by atoms with Gasteiger partial charge >= 0.3 is 0 Å². The van der Waals surface area contributed by atoms with E-state index >= 15 is 0 Å². The highest BCUT2D eigenvalue weighted by Crippen LogP contribution is 2.07. The third-order valence-electron chi connectivity index (χ3n) is 3.82. The maximum Gasteiger partial charge on any atom is 0.0249 e. The van der Waals surface area contributed by atoms with E-state index in [0.29, 0.717) is 0 Å². The Kier molecular flexibility index (Phi) is 7.46. The molecule has 0 aliphatic heterocycles. The molecule has 0 heteroatoms. The molecule has 0 aliphatic carbocycles. The van der Waals surface area contributed by atoms with Crippen LogP contribution in [0.1, 0.15) is 48.9 Å². The van der Waals surface area contributed by atoms with E-state index < -0.39 is 0 Å². The first-order valence-corrected chi connectivity index (χ1v) is 8.67. The van der Waals surface area contributed by atoms with Crippen molar-refractivity contribution in [1.29, 1.82) is 0 Å². The van der Waals surface area contributed by atoms with E-state index in [1.54, 1.807) is 12.2 Å². The summed E-state index contributed by atoms with van der Waals surface area (Å²) in [5.41, 5.74) is 4.80. The van der Waals surface area contributed by atoms with Gasteiger partial charge in [-0.3, -0.25) is 0 Å². The van der Waals surface area contributed by atoms with Crippen molar-refractivity contribution in [2.45, 2.75) is 39.5 Å². The molecule has 0 amide bonds. The Balaban J connectivity index is 1.88. The zero-order chi connectivity index (χ0) is 17.0. The number of hydrogen-bond donors (Lipinski definition) is 0. The molecule has 0 spiro atoms. The van der Waals surface area contributed by atoms with Crippen LogP contribution in [0.2, 0.25) is 0 Å². The largest absolute Gasteiger partial charge is 0.0689 e. The molecule has 0 heterocycles. The molecule has 0 fully saturated rings. The quantitative estimate of drug-likeness (QED) is 0.649. The van der Waals surface area contributed by atoms with Crippen molar-refractivity contribution >= 4 is 0 Å². The molecule has 0 bridgehead atoms. The first-order chi connectivity index (χ1) is 11.8. The fourth-order valence-electron chi connectivity index (χ4n) is 2.29. The smallest absolute Gasteiger partial charge is 0.0249 e. The van der Waals surface area contributed by atoms with E-state index in [1.165, 1.54) is 24.0 Å². The third-order valence-corrected chi connectivity index (χ3v) is 3.82.